The van der Waals surface area contributed by atoms with Crippen molar-refractivity contribution in [3.63, 3.8) is 0 Å². The van der Waals surface area contributed by atoms with Gasteiger partial charge in [0.1, 0.15) is 5.78 Å². The van der Waals surface area contributed by atoms with E-state index in [-0.39, 0.29) is 25.0 Å². The lowest BCUT2D eigenvalue weighted by Crippen LogP contribution is -2.15. The zero-order valence-corrected chi connectivity index (χ0v) is 11.8. The monoisotopic (exact) mass is 302 g/mol. The van der Waals surface area contributed by atoms with Crippen LogP contribution in [0.5, 0.6) is 0 Å². The minimum atomic E-state index is -4.44. The second-order valence-electron chi connectivity index (χ2n) is 4.87. The van der Waals surface area contributed by atoms with Gasteiger partial charge in [-0.25, -0.2) is 0 Å². The van der Waals surface area contributed by atoms with Crippen LogP contribution in [0.4, 0.5) is 13.2 Å². The van der Waals surface area contributed by atoms with Crippen LogP contribution in [0.2, 0.25) is 0 Å². The molecule has 0 heterocycles. The molecule has 0 aromatic heterocycles. The molecule has 0 bridgehead atoms. The van der Waals surface area contributed by atoms with E-state index < -0.39 is 23.6 Å². The summed E-state index contributed by atoms with van der Waals surface area (Å²) in [6.07, 6.45) is -4.33. The lowest BCUT2D eigenvalue weighted by Gasteiger charge is -2.18. The molecule has 0 fully saturated rings. The van der Waals surface area contributed by atoms with Crippen LogP contribution in [0.15, 0.2) is 18.2 Å². The highest BCUT2D eigenvalue weighted by molar-refractivity contribution is 5.86. The Hall–Kier alpha value is -1.85. The maximum Gasteiger partial charge on any atom is 0.416 e. The normalized spacial score (nSPS) is 13.0. The Kier molecular flexibility index (Phi) is 5.52. The SMILES string of the molecule is CCC(=O)C(CCC(=O)O)c1ccc(C(F)(F)F)cc1C. The van der Waals surface area contributed by atoms with Crippen molar-refractivity contribution in [2.24, 2.45) is 0 Å². The average molecular weight is 302 g/mol. The number of Topliss-reactive ketones (excluding diaryl/α,β-unsaturated/α-hetero) is 1. The number of aryl methyl sites for hydroxylation is 1. The minimum Gasteiger partial charge on any atom is -0.481 e. The molecular formula is C15H17F3O3. The summed E-state index contributed by atoms with van der Waals surface area (Å²) >= 11 is 0. The number of aliphatic carboxylic acids is 1. The summed E-state index contributed by atoms with van der Waals surface area (Å²) in [5.41, 5.74) is 0.0443. The van der Waals surface area contributed by atoms with Gasteiger partial charge in [-0.05, 0) is 36.6 Å². The summed E-state index contributed by atoms with van der Waals surface area (Å²) in [5, 5.41) is 8.72. The Balaban J connectivity index is 3.13. The molecule has 1 atom stereocenters. The van der Waals surface area contributed by atoms with Crippen LogP contribution in [0.1, 0.15) is 48.8 Å². The van der Waals surface area contributed by atoms with Crippen molar-refractivity contribution in [3.8, 4) is 0 Å². The number of carboxylic acid groups (broad SMARTS) is 1. The van der Waals surface area contributed by atoms with E-state index in [0.717, 1.165) is 12.1 Å². The minimum absolute atomic E-state index is 0.0915. The number of hydrogen-bond donors (Lipinski definition) is 1. The fourth-order valence-electron chi connectivity index (χ4n) is 2.25. The highest BCUT2D eigenvalue weighted by Crippen LogP contribution is 2.33. The number of ketones is 1. The van der Waals surface area contributed by atoms with Crippen LogP contribution < -0.4 is 0 Å². The zero-order chi connectivity index (χ0) is 16.2. The lowest BCUT2D eigenvalue weighted by molar-refractivity contribution is -0.138. The van der Waals surface area contributed by atoms with Gasteiger partial charge < -0.3 is 5.11 Å². The van der Waals surface area contributed by atoms with Crippen molar-refractivity contribution in [1.29, 1.82) is 0 Å². The summed E-state index contributed by atoms with van der Waals surface area (Å²) < 4.78 is 37.9. The van der Waals surface area contributed by atoms with Crippen LogP contribution in [0.3, 0.4) is 0 Å². The van der Waals surface area contributed by atoms with Gasteiger partial charge in [-0.15, -0.1) is 0 Å². The van der Waals surface area contributed by atoms with Crippen LogP contribution in [-0.2, 0) is 15.8 Å². The van der Waals surface area contributed by atoms with E-state index in [9.17, 15) is 22.8 Å². The first kappa shape index (κ1) is 17.2. The molecule has 0 saturated carbocycles. The highest BCUT2D eigenvalue weighted by Gasteiger charge is 2.31. The van der Waals surface area contributed by atoms with Crippen molar-refractivity contribution < 1.29 is 27.9 Å². The van der Waals surface area contributed by atoms with Crippen LogP contribution in [0.25, 0.3) is 0 Å². The van der Waals surface area contributed by atoms with E-state index in [0.29, 0.717) is 11.1 Å². The molecule has 0 radical (unpaired) electrons. The second-order valence-corrected chi connectivity index (χ2v) is 4.87. The predicted octanol–water partition coefficient (Wildman–Crippen LogP) is 3.94. The first-order valence-electron chi connectivity index (χ1n) is 6.59. The molecule has 0 aliphatic heterocycles. The van der Waals surface area contributed by atoms with Gasteiger partial charge in [-0.2, -0.15) is 13.2 Å². The zero-order valence-electron chi connectivity index (χ0n) is 11.8. The van der Waals surface area contributed by atoms with E-state index in [1.54, 1.807) is 6.92 Å². The van der Waals surface area contributed by atoms with Crippen molar-refractivity contribution in [3.05, 3.63) is 34.9 Å². The molecule has 0 amide bonds. The van der Waals surface area contributed by atoms with Crippen LogP contribution >= 0.6 is 0 Å². The van der Waals surface area contributed by atoms with Crippen molar-refractivity contribution in [2.45, 2.75) is 45.2 Å². The summed E-state index contributed by atoms with van der Waals surface area (Å²) in [7, 11) is 0. The number of carbonyl (C=O) groups is 2. The Labute approximate surface area is 120 Å². The van der Waals surface area contributed by atoms with Gasteiger partial charge >= 0.3 is 12.1 Å². The molecule has 6 heteroatoms. The fraction of sp³-hybridized carbons (Fsp3) is 0.467. The molecule has 1 aromatic carbocycles. The molecule has 3 nitrogen and oxygen atoms in total. The molecule has 0 aliphatic carbocycles. The Morgan fingerprint density at radius 3 is 2.33 bits per heavy atom. The molecule has 0 aliphatic rings. The van der Waals surface area contributed by atoms with Crippen molar-refractivity contribution in [2.75, 3.05) is 0 Å². The molecule has 0 spiro atoms. The van der Waals surface area contributed by atoms with Gasteiger partial charge in [0.2, 0.25) is 0 Å². The third kappa shape index (κ3) is 4.58. The summed E-state index contributed by atoms with van der Waals surface area (Å²) in [6.45, 7) is 3.15. The number of carbonyl (C=O) groups excluding carboxylic acids is 1. The van der Waals surface area contributed by atoms with Gasteiger partial charge in [-0.1, -0.05) is 13.0 Å². The van der Waals surface area contributed by atoms with Crippen molar-refractivity contribution >= 4 is 11.8 Å². The number of carboxylic acids is 1. The highest BCUT2D eigenvalue weighted by atomic mass is 19.4. The van der Waals surface area contributed by atoms with Crippen LogP contribution in [0, 0.1) is 6.92 Å². The maximum atomic E-state index is 12.6. The third-order valence-corrected chi connectivity index (χ3v) is 3.36. The molecule has 0 saturated heterocycles. The summed E-state index contributed by atoms with van der Waals surface area (Å²) in [6, 6.07) is 3.20. The largest absolute Gasteiger partial charge is 0.481 e. The van der Waals surface area contributed by atoms with Gasteiger partial charge in [0.05, 0.1) is 5.56 Å². The fourth-order valence-corrected chi connectivity index (χ4v) is 2.25. The van der Waals surface area contributed by atoms with E-state index in [1.807, 2.05) is 0 Å². The van der Waals surface area contributed by atoms with E-state index in [2.05, 4.69) is 0 Å². The summed E-state index contributed by atoms with van der Waals surface area (Å²) in [5.74, 6) is -1.87. The van der Waals surface area contributed by atoms with Gasteiger partial charge in [-0.3, -0.25) is 9.59 Å². The molecule has 21 heavy (non-hydrogen) atoms. The lowest BCUT2D eigenvalue weighted by atomic mass is 9.86. The standard InChI is InChI=1S/C15H17F3O3/c1-3-13(19)12(6-7-14(20)21)11-5-4-10(8-9(11)2)15(16,17)18/h4-5,8,12H,3,6-7H2,1-2H3,(H,20,21). The van der Waals surface area contributed by atoms with Gasteiger partial charge in [0.25, 0.3) is 0 Å². The number of alkyl halides is 3. The Morgan fingerprint density at radius 1 is 1.29 bits per heavy atom. The average Bonchev–Trinajstić information content (AvgIpc) is 2.38. The molecule has 1 unspecified atom stereocenters. The number of halogens is 3. The number of rotatable bonds is 6. The predicted molar refractivity (Wildman–Crippen MR) is 71.1 cm³/mol. The van der Waals surface area contributed by atoms with Crippen LogP contribution in [-0.4, -0.2) is 16.9 Å². The van der Waals surface area contributed by atoms with E-state index in [1.165, 1.54) is 13.0 Å². The van der Waals surface area contributed by atoms with Crippen molar-refractivity contribution in [1.82, 2.24) is 0 Å². The second kappa shape index (κ2) is 6.74. The quantitative estimate of drug-likeness (QED) is 0.866. The third-order valence-electron chi connectivity index (χ3n) is 3.36. The molecule has 1 rings (SSSR count). The Bertz CT molecular complexity index is 535. The first-order chi connectivity index (χ1) is 9.66. The molecular weight excluding hydrogens is 285 g/mol. The van der Waals surface area contributed by atoms with Gasteiger partial charge in [0, 0.05) is 18.8 Å². The summed E-state index contributed by atoms with van der Waals surface area (Å²) in [4.78, 5) is 22.6. The van der Waals surface area contributed by atoms with E-state index in [4.69, 9.17) is 5.11 Å². The topological polar surface area (TPSA) is 54.4 Å². The van der Waals surface area contributed by atoms with Gasteiger partial charge in [0.15, 0.2) is 0 Å². The molecule has 116 valence electrons. The van der Waals surface area contributed by atoms with E-state index >= 15 is 0 Å². The molecule has 1 aromatic rings. The number of benzene rings is 1. The molecule has 1 N–H and O–H groups in total. The first-order valence-corrected chi connectivity index (χ1v) is 6.59. The maximum absolute atomic E-state index is 12.6. The number of hydrogen-bond acceptors (Lipinski definition) is 2. The smallest absolute Gasteiger partial charge is 0.416 e. The Morgan fingerprint density at radius 2 is 1.90 bits per heavy atom.